The summed E-state index contributed by atoms with van der Waals surface area (Å²) >= 11 is 1.38. The molecule has 25 heavy (non-hydrogen) atoms. The Kier molecular flexibility index (Phi) is 4.68. The lowest BCUT2D eigenvalue weighted by Gasteiger charge is -2.37. The lowest BCUT2D eigenvalue weighted by molar-refractivity contribution is -0.137. The fourth-order valence-corrected chi connectivity index (χ4v) is 3.62. The number of benzene rings is 1. The molecule has 3 rings (SSSR count). The van der Waals surface area contributed by atoms with Crippen LogP contribution in [-0.2, 0) is 6.18 Å². The van der Waals surface area contributed by atoms with E-state index >= 15 is 0 Å². The summed E-state index contributed by atoms with van der Waals surface area (Å²) in [6, 6.07) is 4.07. The van der Waals surface area contributed by atoms with Crippen LogP contribution in [0.3, 0.4) is 0 Å². The Bertz CT molecular complexity index is 817. The Morgan fingerprint density at radius 2 is 1.88 bits per heavy atom. The van der Waals surface area contributed by atoms with Crippen LogP contribution in [-0.4, -0.2) is 37.4 Å². The van der Waals surface area contributed by atoms with Gasteiger partial charge < -0.3 is 9.80 Å². The zero-order chi connectivity index (χ0) is 18.0. The van der Waals surface area contributed by atoms with Crippen molar-refractivity contribution in [2.75, 3.05) is 36.0 Å². The van der Waals surface area contributed by atoms with Crippen LogP contribution in [0.25, 0.3) is 0 Å². The number of hydrogen-bond acceptors (Lipinski definition) is 5. The molecule has 1 aliphatic rings. The molecular formula is C17H14F3N3OS. The van der Waals surface area contributed by atoms with Gasteiger partial charge in [-0.1, -0.05) is 29.4 Å². The van der Waals surface area contributed by atoms with Gasteiger partial charge in [0.25, 0.3) is 0 Å². The van der Waals surface area contributed by atoms with E-state index < -0.39 is 11.7 Å². The van der Waals surface area contributed by atoms with Crippen LogP contribution < -0.4 is 9.80 Å². The van der Waals surface area contributed by atoms with E-state index in [2.05, 4.69) is 10.9 Å². The quantitative estimate of drug-likeness (QED) is 0.618. The van der Waals surface area contributed by atoms with Crippen molar-refractivity contribution in [1.29, 1.82) is 0 Å². The number of alkyl halides is 3. The number of carbonyl (C=O) groups is 1. The minimum absolute atomic E-state index is 0.0419. The van der Waals surface area contributed by atoms with E-state index in [-0.39, 0.29) is 17.5 Å². The zero-order valence-corrected chi connectivity index (χ0v) is 13.9. The Morgan fingerprint density at radius 3 is 2.44 bits per heavy atom. The first-order chi connectivity index (χ1) is 11.9. The molecule has 1 saturated heterocycles. The average Bonchev–Trinajstić information content (AvgIpc) is 3.09. The van der Waals surface area contributed by atoms with Crippen molar-refractivity contribution >= 4 is 28.4 Å². The first kappa shape index (κ1) is 17.3. The van der Waals surface area contributed by atoms with E-state index in [0.29, 0.717) is 26.2 Å². The van der Waals surface area contributed by atoms with E-state index in [1.165, 1.54) is 29.5 Å². The van der Waals surface area contributed by atoms with E-state index in [1.54, 1.807) is 11.1 Å². The number of hydrogen-bond donors (Lipinski definition) is 0. The van der Waals surface area contributed by atoms with Crippen LogP contribution >= 0.6 is 11.3 Å². The van der Waals surface area contributed by atoms with Gasteiger partial charge >= 0.3 is 6.18 Å². The number of thiazole rings is 1. The minimum Gasteiger partial charge on any atom is -0.367 e. The van der Waals surface area contributed by atoms with Crippen molar-refractivity contribution in [2.24, 2.45) is 0 Å². The Hall–Kier alpha value is -2.53. The molecule has 0 amide bonds. The van der Waals surface area contributed by atoms with E-state index in [0.717, 1.165) is 10.0 Å². The fraction of sp³-hybridized carbons (Fsp3) is 0.294. The lowest BCUT2D eigenvalue weighted by Crippen LogP contribution is -2.47. The largest absolute Gasteiger partial charge is 0.419 e. The first-order valence-corrected chi connectivity index (χ1v) is 8.33. The van der Waals surface area contributed by atoms with Gasteiger partial charge in [0, 0.05) is 37.4 Å². The summed E-state index contributed by atoms with van der Waals surface area (Å²) in [7, 11) is 0. The van der Waals surface area contributed by atoms with Crippen LogP contribution in [0, 0.1) is 12.3 Å². The van der Waals surface area contributed by atoms with Gasteiger partial charge in [0.05, 0.1) is 16.6 Å². The molecule has 2 aromatic rings. The van der Waals surface area contributed by atoms with Crippen molar-refractivity contribution < 1.29 is 18.0 Å². The highest BCUT2D eigenvalue weighted by atomic mass is 32.1. The number of anilines is 2. The molecule has 1 aliphatic heterocycles. The molecule has 0 radical (unpaired) electrons. The number of rotatable bonds is 3. The third-order valence-electron chi connectivity index (χ3n) is 4.01. The highest BCUT2D eigenvalue weighted by Gasteiger charge is 2.38. The molecule has 0 atom stereocenters. The molecule has 130 valence electrons. The van der Waals surface area contributed by atoms with Crippen molar-refractivity contribution in [1.82, 2.24) is 4.98 Å². The van der Waals surface area contributed by atoms with E-state index in [9.17, 15) is 18.0 Å². The predicted molar refractivity (Wildman–Crippen MR) is 91.3 cm³/mol. The second-order valence-electron chi connectivity index (χ2n) is 5.48. The Labute approximate surface area is 146 Å². The SMILES string of the molecule is C#Cc1cnc(N2CCN(c3cccc(C=O)c3C(F)(F)F)CC2)s1. The topological polar surface area (TPSA) is 36.4 Å². The molecule has 0 spiro atoms. The number of aldehydes is 1. The van der Waals surface area contributed by atoms with Gasteiger partial charge in [0.15, 0.2) is 11.4 Å². The molecule has 0 bridgehead atoms. The van der Waals surface area contributed by atoms with Crippen LogP contribution in [0.5, 0.6) is 0 Å². The standard InChI is InChI=1S/C17H14F3N3OS/c1-2-13-10-21-16(25-13)23-8-6-22(7-9-23)14-5-3-4-12(11-24)15(14)17(18,19)20/h1,3-5,10-11H,6-9H2. The average molecular weight is 365 g/mol. The fourth-order valence-electron chi connectivity index (χ4n) is 2.84. The van der Waals surface area contributed by atoms with Crippen LogP contribution in [0.15, 0.2) is 24.4 Å². The zero-order valence-electron chi connectivity index (χ0n) is 13.1. The predicted octanol–water partition coefficient (Wildman–Crippen LogP) is 3.28. The third kappa shape index (κ3) is 3.46. The smallest absolute Gasteiger partial charge is 0.367 e. The normalized spacial score (nSPS) is 15.1. The molecule has 0 saturated carbocycles. The maximum Gasteiger partial charge on any atom is 0.419 e. The summed E-state index contributed by atoms with van der Waals surface area (Å²) in [5.74, 6) is 2.52. The minimum atomic E-state index is -4.58. The molecule has 1 fully saturated rings. The second kappa shape index (κ2) is 6.76. The number of piperazine rings is 1. The Morgan fingerprint density at radius 1 is 1.20 bits per heavy atom. The van der Waals surface area contributed by atoms with Gasteiger partial charge in [0.1, 0.15) is 0 Å². The summed E-state index contributed by atoms with van der Waals surface area (Å²) in [5.41, 5.74) is -1.17. The van der Waals surface area contributed by atoms with Crippen LogP contribution in [0.4, 0.5) is 24.0 Å². The van der Waals surface area contributed by atoms with Crippen molar-refractivity contribution in [3.8, 4) is 12.3 Å². The highest BCUT2D eigenvalue weighted by Crippen LogP contribution is 2.39. The van der Waals surface area contributed by atoms with E-state index in [1.807, 2.05) is 4.90 Å². The third-order valence-corrected chi connectivity index (χ3v) is 5.00. The summed E-state index contributed by atoms with van der Waals surface area (Å²) in [6.45, 7) is 1.85. The Balaban J connectivity index is 1.81. The van der Waals surface area contributed by atoms with Gasteiger partial charge in [-0.2, -0.15) is 13.2 Å². The summed E-state index contributed by atoms with van der Waals surface area (Å²) in [5, 5.41) is 0.769. The lowest BCUT2D eigenvalue weighted by atomic mass is 10.0. The van der Waals surface area contributed by atoms with Crippen molar-refractivity contribution in [3.63, 3.8) is 0 Å². The molecule has 0 unspecified atom stereocenters. The number of aromatic nitrogens is 1. The second-order valence-corrected chi connectivity index (χ2v) is 6.49. The van der Waals surface area contributed by atoms with Gasteiger partial charge in [-0.05, 0) is 6.07 Å². The molecule has 0 aliphatic carbocycles. The molecule has 8 heteroatoms. The van der Waals surface area contributed by atoms with Gasteiger partial charge in [-0.25, -0.2) is 4.98 Å². The van der Waals surface area contributed by atoms with Gasteiger partial charge in [-0.15, -0.1) is 6.42 Å². The molecule has 1 aromatic carbocycles. The number of carbonyl (C=O) groups excluding carboxylic acids is 1. The van der Waals surface area contributed by atoms with Gasteiger partial charge in [0.2, 0.25) is 0 Å². The molecule has 4 nitrogen and oxygen atoms in total. The highest BCUT2D eigenvalue weighted by molar-refractivity contribution is 7.16. The molecule has 0 N–H and O–H groups in total. The summed E-state index contributed by atoms with van der Waals surface area (Å²) in [6.07, 6.45) is 2.61. The van der Waals surface area contributed by atoms with Gasteiger partial charge in [-0.3, -0.25) is 4.79 Å². The maximum absolute atomic E-state index is 13.4. The summed E-state index contributed by atoms with van der Waals surface area (Å²) < 4.78 is 40.2. The molecular weight excluding hydrogens is 351 g/mol. The van der Waals surface area contributed by atoms with Crippen LogP contribution in [0.2, 0.25) is 0 Å². The monoisotopic (exact) mass is 365 g/mol. The molecule has 1 aromatic heterocycles. The number of nitrogens with zero attached hydrogens (tertiary/aromatic N) is 3. The first-order valence-electron chi connectivity index (χ1n) is 7.51. The van der Waals surface area contributed by atoms with Crippen molar-refractivity contribution in [3.05, 3.63) is 40.4 Å². The molecule has 2 heterocycles. The van der Waals surface area contributed by atoms with E-state index in [4.69, 9.17) is 6.42 Å². The van der Waals surface area contributed by atoms with Crippen molar-refractivity contribution in [2.45, 2.75) is 6.18 Å². The number of halogens is 3. The number of terminal acetylenes is 1. The maximum atomic E-state index is 13.4. The summed E-state index contributed by atoms with van der Waals surface area (Å²) in [4.78, 5) is 19.6. The van der Waals surface area contributed by atoms with Crippen LogP contribution in [0.1, 0.15) is 20.8 Å².